The standard InChI is InChI=1S/C21H28N2O3/c1-4-23(5-2)15-18-14-19(9-10-20(18)24)22-21(25)26-12-11-17-8-6-7-16(3)13-17/h6-10,13-14,24H,4-5,11-12,15H2,1-3H3,(H,22,25). The van der Waals surface area contributed by atoms with Crippen molar-refractivity contribution in [1.29, 1.82) is 0 Å². The highest BCUT2D eigenvalue weighted by Gasteiger charge is 2.09. The van der Waals surface area contributed by atoms with E-state index in [-0.39, 0.29) is 5.75 Å². The molecule has 5 heteroatoms. The summed E-state index contributed by atoms with van der Waals surface area (Å²) in [4.78, 5) is 14.2. The zero-order valence-corrected chi connectivity index (χ0v) is 15.8. The molecule has 0 saturated heterocycles. The molecular weight excluding hydrogens is 328 g/mol. The van der Waals surface area contributed by atoms with Gasteiger partial charge < -0.3 is 9.84 Å². The molecule has 0 saturated carbocycles. The number of aryl methyl sites for hydroxylation is 1. The zero-order valence-electron chi connectivity index (χ0n) is 15.8. The highest BCUT2D eigenvalue weighted by atomic mass is 16.5. The number of nitrogens with one attached hydrogen (secondary N) is 1. The summed E-state index contributed by atoms with van der Waals surface area (Å²) in [5.41, 5.74) is 3.73. The summed E-state index contributed by atoms with van der Waals surface area (Å²) in [5, 5.41) is 12.8. The number of carbonyl (C=O) groups excluding carboxylic acids is 1. The summed E-state index contributed by atoms with van der Waals surface area (Å²) in [5.74, 6) is 0.232. The Morgan fingerprint density at radius 1 is 1.15 bits per heavy atom. The Morgan fingerprint density at radius 2 is 1.92 bits per heavy atom. The van der Waals surface area contributed by atoms with Crippen LogP contribution in [0.5, 0.6) is 5.75 Å². The maximum Gasteiger partial charge on any atom is 0.411 e. The monoisotopic (exact) mass is 356 g/mol. The lowest BCUT2D eigenvalue weighted by Crippen LogP contribution is -2.22. The average Bonchev–Trinajstić information content (AvgIpc) is 2.62. The number of ether oxygens (including phenoxy) is 1. The normalized spacial score (nSPS) is 10.8. The number of nitrogens with zero attached hydrogens (tertiary/aromatic N) is 1. The molecule has 140 valence electrons. The summed E-state index contributed by atoms with van der Waals surface area (Å²) in [6.45, 7) is 8.94. The van der Waals surface area contributed by atoms with E-state index in [9.17, 15) is 9.90 Å². The first-order valence-electron chi connectivity index (χ1n) is 9.05. The topological polar surface area (TPSA) is 61.8 Å². The van der Waals surface area contributed by atoms with Gasteiger partial charge in [-0.25, -0.2) is 4.79 Å². The van der Waals surface area contributed by atoms with Crippen LogP contribution < -0.4 is 5.32 Å². The van der Waals surface area contributed by atoms with Crippen LogP contribution in [0.3, 0.4) is 0 Å². The molecule has 0 heterocycles. The van der Waals surface area contributed by atoms with Crippen molar-refractivity contribution in [1.82, 2.24) is 4.90 Å². The molecule has 2 rings (SSSR count). The second kappa shape index (κ2) is 9.82. The van der Waals surface area contributed by atoms with Gasteiger partial charge in [0.15, 0.2) is 0 Å². The van der Waals surface area contributed by atoms with Crippen LogP contribution in [0.4, 0.5) is 10.5 Å². The van der Waals surface area contributed by atoms with Gasteiger partial charge in [0.25, 0.3) is 0 Å². The zero-order chi connectivity index (χ0) is 18.9. The third-order valence-corrected chi connectivity index (χ3v) is 4.32. The number of benzene rings is 2. The van der Waals surface area contributed by atoms with E-state index in [1.165, 1.54) is 5.56 Å². The van der Waals surface area contributed by atoms with Crippen LogP contribution in [-0.4, -0.2) is 35.8 Å². The molecule has 0 spiro atoms. The molecule has 0 aliphatic heterocycles. The molecular formula is C21H28N2O3. The minimum atomic E-state index is -0.489. The van der Waals surface area contributed by atoms with Gasteiger partial charge in [-0.3, -0.25) is 10.2 Å². The molecule has 0 atom stereocenters. The van der Waals surface area contributed by atoms with Gasteiger partial charge in [0.05, 0.1) is 6.61 Å². The molecule has 0 aromatic heterocycles. The number of aromatic hydroxyl groups is 1. The molecule has 2 N–H and O–H groups in total. The van der Waals surface area contributed by atoms with E-state index in [1.807, 2.05) is 25.1 Å². The van der Waals surface area contributed by atoms with Crippen LogP contribution in [0.1, 0.15) is 30.5 Å². The first kappa shape index (κ1) is 19.8. The fraction of sp³-hybridized carbons (Fsp3) is 0.381. The van der Waals surface area contributed by atoms with Gasteiger partial charge in [-0.2, -0.15) is 0 Å². The highest BCUT2D eigenvalue weighted by molar-refractivity contribution is 5.84. The van der Waals surface area contributed by atoms with E-state index < -0.39 is 6.09 Å². The smallest absolute Gasteiger partial charge is 0.411 e. The summed E-state index contributed by atoms with van der Waals surface area (Å²) in [6.07, 6.45) is 0.190. The van der Waals surface area contributed by atoms with Crippen molar-refractivity contribution < 1.29 is 14.6 Å². The van der Waals surface area contributed by atoms with Gasteiger partial charge in [0.1, 0.15) is 5.75 Å². The quantitative estimate of drug-likeness (QED) is 0.691. The Labute approximate surface area is 155 Å². The van der Waals surface area contributed by atoms with Crippen LogP contribution >= 0.6 is 0 Å². The van der Waals surface area contributed by atoms with Crippen molar-refractivity contribution in [3.05, 3.63) is 59.2 Å². The number of phenolic OH excluding ortho intramolecular Hbond substituents is 1. The molecule has 0 aliphatic rings. The SMILES string of the molecule is CCN(CC)Cc1cc(NC(=O)OCCc2cccc(C)c2)ccc1O. The summed E-state index contributed by atoms with van der Waals surface area (Å²) >= 11 is 0. The van der Waals surface area contributed by atoms with Gasteiger partial charge in [-0.05, 0) is 43.8 Å². The molecule has 0 unspecified atom stereocenters. The van der Waals surface area contributed by atoms with Crippen LogP contribution in [0.25, 0.3) is 0 Å². The van der Waals surface area contributed by atoms with Crippen LogP contribution in [0, 0.1) is 6.92 Å². The fourth-order valence-corrected chi connectivity index (χ4v) is 2.76. The summed E-state index contributed by atoms with van der Waals surface area (Å²) in [6, 6.07) is 13.2. The Balaban J connectivity index is 1.88. The number of amides is 1. The van der Waals surface area contributed by atoms with Crippen molar-refractivity contribution >= 4 is 11.8 Å². The van der Waals surface area contributed by atoms with Crippen molar-refractivity contribution in [2.24, 2.45) is 0 Å². The number of rotatable bonds is 8. The second-order valence-corrected chi connectivity index (χ2v) is 6.30. The number of phenols is 1. The average molecular weight is 356 g/mol. The molecule has 2 aromatic carbocycles. The van der Waals surface area contributed by atoms with Gasteiger partial charge in [0, 0.05) is 24.2 Å². The van der Waals surface area contributed by atoms with Gasteiger partial charge in [0.2, 0.25) is 0 Å². The minimum absolute atomic E-state index is 0.232. The molecule has 0 fully saturated rings. The molecule has 1 amide bonds. The Kier molecular flexibility index (Phi) is 7.48. The first-order chi connectivity index (χ1) is 12.5. The number of hydrogen-bond acceptors (Lipinski definition) is 4. The molecule has 2 aromatic rings. The third-order valence-electron chi connectivity index (χ3n) is 4.32. The van der Waals surface area contributed by atoms with Gasteiger partial charge in [-0.15, -0.1) is 0 Å². The predicted molar refractivity (Wildman–Crippen MR) is 105 cm³/mol. The first-order valence-corrected chi connectivity index (χ1v) is 9.05. The van der Waals surface area contributed by atoms with Crippen LogP contribution in [0.2, 0.25) is 0 Å². The van der Waals surface area contributed by atoms with Gasteiger partial charge in [-0.1, -0.05) is 43.7 Å². The molecule has 0 radical (unpaired) electrons. The molecule has 0 aliphatic carbocycles. The van der Waals surface area contributed by atoms with E-state index in [0.29, 0.717) is 25.3 Å². The molecule has 5 nitrogen and oxygen atoms in total. The lowest BCUT2D eigenvalue weighted by molar-refractivity contribution is 0.163. The number of carbonyl (C=O) groups is 1. The lowest BCUT2D eigenvalue weighted by atomic mass is 10.1. The van der Waals surface area contributed by atoms with Crippen molar-refractivity contribution in [2.45, 2.75) is 33.7 Å². The van der Waals surface area contributed by atoms with E-state index in [4.69, 9.17) is 4.74 Å². The highest BCUT2D eigenvalue weighted by Crippen LogP contribution is 2.23. The van der Waals surface area contributed by atoms with E-state index in [2.05, 4.69) is 30.1 Å². The van der Waals surface area contributed by atoms with Gasteiger partial charge >= 0.3 is 6.09 Å². The predicted octanol–water partition coefficient (Wildman–Crippen LogP) is 4.33. The van der Waals surface area contributed by atoms with E-state index >= 15 is 0 Å². The lowest BCUT2D eigenvalue weighted by Gasteiger charge is -2.19. The Hall–Kier alpha value is -2.53. The van der Waals surface area contributed by atoms with E-state index in [1.54, 1.807) is 18.2 Å². The summed E-state index contributed by atoms with van der Waals surface area (Å²) in [7, 11) is 0. The molecule has 26 heavy (non-hydrogen) atoms. The summed E-state index contributed by atoms with van der Waals surface area (Å²) < 4.78 is 5.26. The van der Waals surface area contributed by atoms with Crippen molar-refractivity contribution in [3.8, 4) is 5.75 Å². The largest absolute Gasteiger partial charge is 0.508 e. The third kappa shape index (κ3) is 6.08. The van der Waals surface area contributed by atoms with Crippen molar-refractivity contribution in [3.63, 3.8) is 0 Å². The molecule has 0 bridgehead atoms. The fourth-order valence-electron chi connectivity index (χ4n) is 2.76. The number of hydrogen-bond donors (Lipinski definition) is 2. The Morgan fingerprint density at radius 3 is 2.62 bits per heavy atom. The Bertz CT molecular complexity index is 727. The van der Waals surface area contributed by atoms with Crippen LogP contribution in [0.15, 0.2) is 42.5 Å². The van der Waals surface area contributed by atoms with Crippen molar-refractivity contribution in [2.75, 3.05) is 25.0 Å². The van der Waals surface area contributed by atoms with Crippen LogP contribution in [-0.2, 0) is 17.7 Å². The second-order valence-electron chi connectivity index (χ2n) is 6.30. The maximum atomic E-state index is 12.0. The minimum Gasteiger partial charge on any atom is -0.508 e. The number of anilines is 1. The maximum absolute atomic E-state index is 12.0. The van der Waals surface area contributed by atoms with E-state index in [0.717, 1.165) is 24.2 Å².